The van der Waals surface area contributed by atoms with E-state index < -0.39 is 0 Å². The first-order valence-electron chi connectivity index (χ1n) is 11.5. The van der Waals surface area contributed by atoms with Gasteiger partial charge in [-0.3, -0.25) is 9.59 Å². The number of fused-ring (bicyclic) bond motifs is 1. The molecule has 1 aliphatic heterocycles. The average molecular weight is 455 g/mol. The first kappa shape index (κ1) is 21.8. The molecule has 34 heavy (non-hydrogen) atoms. The Bertz CT molecular complexity index is 1340. The van der Waals surface area contributed by atoms with Crippen LogP contribution in [0.1, 0.15) is 34.5 Å². The number of benzene rings is 2. The van der Waals surface area contributed by atoms with Crippen molar-refractivity contribution in [3.63, 3.8) is 0 Å². The van der Waals surface area contributed by atoms with E-state index in [2.05, 4.69) is 15.5 Å². The number of pyridine rings is 1. The standard InChI is InChI=1S/C27H26N4O3/c1-17-8-10-19(11-9-17)23-16-22(24-18(2)30-34-26(24)29-23)27(33)31-14-12-20(13-15-31)25(32)28-21-6-4-3-5-7-21/h3-11,16,20H,12-15H2,1-2H3,(H,28,32). The highest BCUT2D eigenvalue weighted by Gasteiger charge is 2.30. The highest BCUT2D eigenvalue weighted by atomic mass is 16.5. The van der Waals surface area contributed by atoms with E-state index in [0.717, 1.165) is 16.8 Å². The Hall–Kier alpha value is -4.00. The molecule has 4 aromatic rings. The monoisotopic (exact) mass is 454 g/mol. The molecule has 1 N–H and O–H groups in total. The predicted molar refractivity (Wildman–Crippen MR) is 130 cm³/mol. The minimum absolute atomic E-state index is 0.00105. The largest absolute Gasteiger partial charge is 0.339 e. The molecule has 0 aliphatic carbocycles. The van der Waals surface area contributed by atoms with Gasteiger partial charge in [0.1, 0.15) is 0 Å². The van der Waals surface area contributed by atoms with Gasteiger partial charge in [0, 0.05) is 30.3 Å². The SMILES string of the molecule is Cc1ccc(-c2cc(C(=O)N3CCC(C(=O)Nc4ccccc4)CC3)c3c(C)noc3n2)cc1. The lowest BCUT2D eigenvalue weighted by Crippen LogP contribution is -2.41. The van der Waals surface area contributed by atoms with E-state index in [9.17, 15) is 9.59 Å². The molecule has 3 heterocycles. The Balaban J connectivity index is 1.36. The van der Waals surface area contributed by atoms with E-state index in [0.29, 0.717) is 54.0 Å². The van der Waals surface area contributed by atoms with E-state index in [1.165, 1.54) is 0 Å². The van der Waals surface area contributed by atoms with Crippen molar-refractivity contribution >= 4 is 28.6 Å². The van der Waals surface area contributed by atoms with Gasteiger partial charge in [0.25, 0.3) is 11.6 Å². The number of hydrogen-bond acceptors (Lipinski definition) is 5. The van der Waals surface area contributed by atoms with Gasteiger partial charge in [-0.1, -0.05) is 53.2 Å². The molecule has 2 aromatic heterocycles. The normalized spacial score (nSPS) is 14.4. The fourth-order valence-electron chi connectivity index (χ4n) is 4.42. The molecule has 0 saturated carbocycles. The summed E-state index contributed by atoms with van der Waals surface area (Å²) in [5.74, 6) is -0.211. The molecule has 172 valence electrons. The van der Waals surface area contributed by atoms with Crippen LogP contribution in [0.3, 0.4) is 0 Å². The summed E-state index contributed by atoms with van der Waals surface area (Å²) in [6.07, 6.45) is 1.23. The van der Waals surface area contributed by atoms with Crippen LogP contribution >= 0.6 is 0 Å². The van der Waals surface area contributed by atoms with Crippen molar-refractivity contribution in [2.24, 2.45) is 5.92 Å². The van der Waals surface area contributed by atoms with Crippen molar-refractivity contribution in [1.82, 2.24) is 15.0 Å². The second kappa shape index (κ2) is 9.09. The summed E-state index contributed by atoms with van der Waals surface area (Å²) in [5, 5.41) is 7.66. The Morgan fingerprint density at radius 2 is 1.71 bits per heavy atom. The third-order valence-corrected chi connectivity index (χ3v) is 6.39. The molecule has 1 saturated heterocycles. The quantitative estimate of drug-likeness (QED) is 0.469. The number of carbonyl (C=O) groups is 2. The van der Waals surface area contributed by atoms with E-state index >= 15 is 0 Å². The number of carbonyl (C=O) groups excluding carboxylic acids is 2. The second-order valence-corrected chi connectivity index (χ2v) is 8.79. The van der Waals surface area contributed by atoms with E-state index in [1.807, 2.05) is 79.4 Å². The number of piperidine rings is 1. The van der Waals surface area contributed by atoms with Crippen LogP contribution in [-0.4, -0.2) is 39.9 Å². The zero-order chi connectivity index (χ0) is 23.7. The molecule has 2 amide bonds. The van der Waals surface area contributed by atoms with Crippen LogP contribution in [0.4, 0.5) is 5.69 Å². The smallest absolute Gasteiger partial charge is 0.259 e. The van der Waals surface area contributed by atoms with Gasteiger partial charge in [0.15, 0.2) is 0 Å². The molecular formula is C27H26N4O3. The molecule has 5 rings (SSSR count). The molecule has 0 bridgehead atoms. The van der Waals surface area contributed by atoms with Crippen LogP contribution in [0.2, 0.25) is 0 Å². The maximum atomic E-state index is 13.6. The Morgan fingerprint density at radius 1 is 1.00 bits per heavy atom. The zero-order valence-corrected chi connectivity index (χ0v) is 19.2. The minimum Gasteiger partial charge on any atom is -0.339 e. The molecule has 2 aromatic carbocycles. The molecule has 0 unspecified atom stereocenters. The number of para-hydroxylation sites is 1. The van der Waals surface area contributed by atoms with Crippen LogP contribution in [-0.2, 0) is 4.79 Å². The zero-order valence-electron chi connectivity index (χ0n) is 19.2. The summed E-state index contributed by atoms with van der Waals surface area (Å²) < 4.78 is 5.43. The number of anilines is 1. The first-order valence-corrected chi connectivity index (χ1v) is 11.5. The van der Waals surface area contributed by atoms with Crippen LogP contribution in [0, 0.1) is 19.8 Å². The number of aryl methyl sites for hydroxylation is 2. The maximum Gasteiger partial charge on any atom is 0.259 e. The van der Waals surface area contributed by atoms with Crippen molar-refractivity contribution in [2.75, 3.05) is 18.4 Å². The number of hydrogen-bond donors (Lipinski definition) is 1. The van der Waals surface area contributed by atoms with Crippen molar-refractivity contribution in [1.29, 1.82) is 0 Å². The molecule has 0 radical (unpaired) electrons. The third-order valence-electron chi connectivity index (χ3n) is 6.39. The molecule has 7 nitrogen and oxygen atoms in total. The van der Waals surface area contributed by atoms with Gasteiger partial charge in [-0.15, -0.1) is 0 Å². The summed E-state index contributed by atoms with van der Waals surface area (Å²) in [5.41, 5.74) is 5.05. The van der Waals surface area contributed by atoms with Gasteiger partial charge < -0.3 is 14.7 Å². The minimum atomic E-state index is -0.123. The molecular weight excluding hydrogens is 428 g/mol. The number of aromatic nitrogens is 2. The van der Waals surface area contributed by atoms with E-state index in [-0.39, 0.29) is 17.7 Å². The predicted octanol–water partition coefficient (Wildman–Crippen LogP) is 5.00. The third kappa shape index (κ3) is 4.29. The van der Waals surface area contributed by atoms with Crippen LogP contribution in [0.15, 0.2) is 65.2 Å². The van der Waals surface area contributed by atoms with Crippen LogP contribution in [0.5, 0.6) is 0 Å². The van der Waals surface area contributed by atoms with Crippen molar-refractivity contribution in [3.05, 3.63) is 77.5 Å². The van der Waals surface area contributed by atoms with Crippen LogP contribution in [0.25, 0.3) is 22.4 Å². The lowest BCUT2D eigenvalue weighted by molar-refractivity contribution is -0.121. The second-order valence-electron chi connectivity index (χ2n) is 8.79. The fourth-order valence-corrected chi connectivity index (χ4v) is 4.42. The fraction of sp³-hybridized carbons (Fsp3) is 0.259. The van der Waals surface area contributed by atoms with Gasteiger partial charge in [-0.05, 0) is 44.9 Å². The van der Waals surface area contributed by atoms with Gasteiger partial charge >= 0.3 is 0 Å². The number of rotatable bonds is 4. The summed E-state index contributed by atoms with van der Waals surface area (Å²) in [6.45, 7) is 4.87. The van der Waals surface area contributed by atoms with Crippen molar-refractivity contribution < 1.29 is 14.1 Å². The van der Waals surface area contributed by atoms with Crippen LogP contribution < -0.4 is 5.32 Å². The van der Waals surface area contributed by atoms with Crippen molar-refractivity contribution in [2.45, 2.75) is 26.7 Å². The molecule has 7 heteroatoms. The Morgan fingerprint density at radius 3 is 2.41 bits per heavy atom. The summed E-state index contributed by atoms with van der Waals surface area (Å²) in [4.78, 5) is 32.7. The topological polar surface area (TPSA) is 88.3 Å². The van der Waals surface area contributed by atoms with Gasteiger partial charge in [-0.2, -0.15) is 0 Å². The highest BCUT2D eigenvalue weighted by Crippen LogP contribution is 2.29. The molecule has 1 fully saturated rings. The highest BCUT2D eigenvalue weighted by molar-refractivity contribution is 6.07. The Labute approximate surface area is 197 Å². The summed E-state index contributed by atoms with van der Waals surface area (Å²) in [6, 6.07) is 19.3. The van der Waals surface area contributed by atoms with E-state index in [4.69, 9.17) is 4.52 Å². The number of amides is 2. The number of likely N-dealkylation sites (tertiary alicyclic amines) is 1. The van der Waals surface area contributed by atoms with Gasteiger partial charge in [0.2, 0.25) is 5.91 Å². The van der Waals surface area contributed by atoms with Gasteiger partial charge in [-0.25, -0.2) is 4.98 Å². The van der Waals surface area contributed by atoms with Crippen molar-refractivity contribution in [3.8, 4) is 11.3 Å². The Kier molecular flexibility index (Phi) is 5.84. The lowest BCUT2D eigenvalue weighted by atomic mass is 9.95. The molecule has 0 spiro atoms. The van der Waals surface area contributed by atoms with E-state index in [1.54, 1.807) is 0 Å². The summed E-state index contributed by atoms with van der Waals surface area (Å²) >= 11 is 0. The lowest BCUT2D eigenvalue weighted by Gasteiger charge is -2.31. The maximum absolute atomic E-state index is 13.6. The first-order chi connectivity index (χ1) is 16.5. The number of nitrogens with zero attached hydrogens (tertiary/aromatic N) is 3. The summed E-state index contributed by atoms with van der Waals surface area (Å²) in [7, 11) is 0. The molecule has 0 atom stereocenters. The average Bonchev–Trinajstić information content (AvgIpc) is 3.25. The van der Waals surface area contributed by atoms with Gasteiger partial charge in [0.05, 0.1) is 22.3 Å². The number of nitrogens with one attached hydrogen (secondary N) is 1. The molecule has 1 aliphatic rings.